The third-order valence-electron chi connectivity index (χ3n) is 4.63. The predicted molar refractivity (Wildman–Crippen MR) is 105 cm³/mol. The molecule has 5 nitrogen and oxygen atoms in total. The van der Waals surface area contributed by atoms with Gasteiger partial charge in [-0.25, -0.2) is 8.42 Å². The highest BCUT2D eigenvalue weighted by Crippen LogP contribution is 2.27. The van der Waals surface area contributed by atoms with Gasteiger partial charge in [0.05, 0.1) is 21.7 Å². The summed E-state index contributed by atoms with van der Waals surface area (Å²) in [5, 5.41) is 0.604. The Morgan fingerprint density at radius 2 is 1.81 bits per heavy atom. The van der Waals surface area contributed by atoms with Crippen LogP contribution >= 0.6 is 22.9 Å². The fourth-order valence-corrected chi connectivity index (χ4v) is 5.98. The molecule has 1 aromatic heterocycles. The number of hydrogen-bond acceptors (Lipinski definition) is 4. The molecular formula is C18H17ClN2O3S2. The molecule has 4 rings (SSSR count). The van der Waals surface area contributed by atoms with Crippen LogP contribution < -0.4 is 4.87 Å². The van der Waals surface area contributed by atoms with Crippen molar-refractivity contribution in [3.05, 3.63) is 62.7 Å². The molecule has 136 valence electrons. The lowest BCUT2D eigenvalue weighted by atomic mass is 10.2. The molecule has 26 heavy (non-hydrogen) atoms. The quantitative estimate of drug-likeness (QED) is 0.663. The first kappa shape index (κ1) is 17.7. The molecule has 1 aliphatic rings. The molecule has 0 unspecified atom stereocenters. The second kappa shape index (κ2) is 6.81. The first-order valence-corrected chi connectivity index (χ1v) is 11.0. The fraction of sp³-hybridized carbons (Fsp3) is 0.278. The van der Waals surface area contributed by atoms with Gasteiger partial charge < -0.3 is 0 Å². The number of fused-ring (bicyclic) bond motifs is 1. The largest absolute Gasteiger partial charge is 0.308 e. The maximum atomic E-state index is 12.7. The Hall–Kier alpha value is -1.67. The normalized spacial score (nSPS) is 15.7. The molecular weight excluding hydrogens is 392 g/mol. The van der Waals surface area contributed by atoms with Gasteiger partial charge in [0.15, 0.2) is 0 Å². The van der Waals surface area contributed by atoms with E-state index in [9.17, 15) is 13.2 Å². The van der Waals surface area contributed by atoms with E-state index in [1.54, 1.807) is 28.8 Å². The van der Waals surface area contributed by atoms with Crippen LogP contribution in [0.5, 0.6) is 0 Å². The lowest BCUT2D eigenvalue weighted by molar-refractivity contribution is 0.477. The average molecular weight is 409 g/mol. The van der Waals surface area contributed by atoms with Crippen LogP contribution in [0.2, 0.25) is 5.02 Å². The number of rotatable bonds is 4. The summed E-state index contributed by atoms with van der Waals surface area (Å²) in [4.78, 5) is 12.6. The summed E-state index contributed by atoms with van der Waals surface area (Å²) >= 11 is 7.26. The van der Waals surface area contributed by atoms with Gasteiger partial charge in [-0.15, -0.1) is 0 Å². The number of aromatic nitrogens is 1. The monoisotopic (exact) mass is 408 g/mol. The van der Waals surface area contributed by atoms with Gasteiger partial charge in [-0.05, 0) is 42.7 Å². The highest BCUT2D eigenvalue weighted by atomic mass is 35.5. The first-order chi connectivity index (χ1) is 12.5. The van der Waals surface area contributed by atoms with Crippen LogP contribution in [0.4, 0.5) is 0 Å². The molecule has 0 aliphatic carbocycles. The Balaban J connectivity index is 1.75. The van der Waals surface area contributed by atoms with Crippen molar-refractivity contribution in [2.75, 3.05) is 13.1 Å². The molecule has 0 spiro atoms. The van der Waals surface area contributed by atoms with Crippen LogP contribution in [-0.2, 0) is 16.6 Å². The van der Waals surface area contributed by atoms with Gasteiger partial charge in [0, 0.05) is 18.1 Å². The summed E-state index contributed by atoms with van der Waals surface area (Å²) in [5.74, 6) is 0. The SMILES string of the molecule is O=c1sc2cc(S(=O)(=O)N3CCCC3)ccc2n1Cc1ccccc1Cl. The van der Waals surface area contributed by atoms with E-state index in [-0.39, 0.29) is 9.77 Å². The van der Waals surface area contributed by atoms with Gasteiger partial charge in [0.25, 0.3) is 0 Å². The van der Waals surface area contributed by atoms with E-state index < -0.39 is 10.0 Å². The van der Waals surface area contributed by atoms with Crippen LogP contribution in [0, 0.1) is 0 Å². The van der Waals surface area contributed by atoms with Crippen LogP contribution in [0.3, 0.4) is 0 Å². The van der Waals surface area contributed by atoms with Crippen LogP contribution in [-0.4, -0.2) is 30.4 Å². The van der Waals surface area contributed by atoms with Crippen molar-refractivity contribution in [2.45, 2.75) is 24.3 Å². The summed E-state index contributed by atoms with van der Waals surface area (Å²) in [7, 11) is -3.49. The molecule has 0 bridgehead atoms. The summed E-state index contributed by atoms with van der Waals surface area (Å²) in [6.45, 7) is 1.48. The van der Waals surface area contributed by atoms with E-state index in [4.69, 9.17) is 11.6 Å². The predicted octanol–water partition coefficient (Wildman–Crippen LogP) is 3.55. The molecule has 0 N–H and O–H groups in total. The zero-order chi connectivity index (χ0) is 18.3. The summed E-state index contributed by atoms with van der Waals surface area (Å²) in [5.41, 5.74) is 1.57. The molecule has 2 aromatic carbocycles. The van der Waals surface area contributed by atoms with E-state index in [0.717, 1.165) is 35.3 Å². The molecule has 1 saturated heterocycles. The Bertz CT molecular complexity index is 1130. The number of hydrogen-bond donors (Lipinski definition) is 0. The molecule has 0 atom stereocenters. The second-order valence-corrected chi connectivity index (χ2v) is 9.62. The van der Waals surface area contributed by atoms with Crippen molar-refractivity contribution in [3.63, 3.8) is 0 Å². The topological polar surface area (TPSA) is 59.4 Å². The van der Waals surface area contributed by atoms with Crippen molar-refractivity contribution in [2.24, 2.45) is 0 Å². The number of benzene rings is 2. The minimum absolute atomic E-state index is 0.129. The number of thiazole rings is 1. The second-order valence-electron chi connectivity index (χ2n) is 6.29. The summed E-state index contributed by atoms with van der Waals surface area (Å²) in [6.07, 6.45) is 1.78. The Morgan fingerprint density at radius 3 is 2.54 bits per heavy atom. The van der Waals surface area contributed by atoms with E-state index in [2.05, 4.69) is 0 Å². The molecule has 0 radical (unpaired) electrons. The lowest BCUT2D eigenvalue weighted by Crippen LogP contribution is -2.27. The lowest BCUT2D eigenvalue weighted by Gasteiger charge is -2.15. The van der Waals surface area contributed by atoms with E-state index >= 15 is 0 Å². The van der Waals surface area contributed by atoms with Crippen LogP contribution in [0.1, 0.15) is 18.4 Å². The minimum atomic E-state index is -3.49. The van der Waals surface area contributed by atoms with Crippen LogP contribution in [0.25, 0.3) is 10.2 Å². The Morgan fingerprint density at radius 1 is 1.08 bits per heavy atom. The van der Waals surface area contributed by atoms with Gasteiger partial charge in [-0.1, -0.05) is 41.1 Å². The Kier molecular flexibility index (Phi) is 4.64. The van der Waals surface area contributed by atoms with E-state index in [0.29, 0.717) is 29.4 Å². The standard InChI is InChI=1S/C18H17ClN2O3S2/c19-15-6-2-1-5-13(15)12-21-16-8-7-14(11-17(16)25-18(21)22)26(23,24)20-9-3-4-10-20/h1-2,5-8,11H,3-4,9-10,12H2. The smallest absolute Gasteiger partial charge is 0.294 e. The van der Waals surface area contributed by atoms with Crippen molar-refractivity contribution in [1.29, 1.82) is 0 Å². The number of halogens is 1. The van der Waals surface area contributed by atoms with Crippen molar-refractivity contribution < 1.29 is 8.42 Å². The maximum Gasteiger partial charge on any atom is 0.308 e. The van der Waals surface area contributed by atoms with Crippen molar-refractivity contribution >= 4 is 43.2 Å². The maximum absolute atomic E-state index is 12.7. The van der Waals surface area contributed by atoms with Gasteiger partial charge in [0.1, 0.15) is 0 Å². The first-order valence-electron chi connectivity index (χ1n) is 8.34. The van der Waals surface area contributed by atoms with Crippen molar-refractivity contribution in [1.82, 2.24) is 8.87 Å². The van der Waals surface area contributed by atoms with Gasteiger partial charge in [-0.2, -0.15) is 4.31 Å². The van der Waals surface area contributed by atoms with E-state index in [1.807, 2.05) is 18.2 Å². The Labute approximate surface area is 160 Å². The fourth-order valence-electron chi connectivity index (χ4n) is 3.23. The molecule has 1 aliphatic heterocycles. The van der Waals surface area contributed by atoms with Crippen LogP contribution in [0.15, 0.2) is 52.2 Å². The minimum Gasteiger partial charge on any atom is -0.294 e. The summed E-state index contributed by atoms with van der Waals surface area (Å²) in [6, 6.07) is 12.3. The zero-order valence-electron chi connectivity index (χ0n) is 13.9. The molecule has 0 amide bonds. The third-order valence-corrected chi connectivity index (χ3v) is 7.83. The molecule has 3 aromatic rings. The molecule has 8 heteroatoms. The van der Waals surface area contributed by atoms with Crippen molar-refractivity contribution in [3.8, 4) is 0 Å². The number of nitrogens with zero attached hydrogens (tertiary/aromatic N) is 2. The zero-order valence-corrected chi connectivity index (χ0v) is 16.3. The molecule has 1 fully saturated rings. The van der Waals surface area contributed by atoms with Gasteiger partial charge in [0.2, 0.25) is 10.0 Å². The third kappa shape index (κ3) is 3.09. The average Bonchev–Trinajstić information content (AvgIpc) is 3.25. The summed E-state index contributed by atoms with van der Waals surface area (Å²) < 4.78 is 29.3. The van der Waals surface area contributed by atoms with Gasteiger partial charge >= 0.3 is 4.87 Å². The highest BCUT2D eigenvalue weighted by molar-refractivity contribution is 7.89. The molecule has 0 saturated carbocycles. The number of sulfonamides is 1. The van der Waals surface area contributed by atoms with Gasteiger partial charge in [-0.3, -0.25) is 9.36 Å². The van der Waals surface area contributed by atoms with E-state index in [1.165, 1.54) is 4.31 Å². The highest BCUT2D eigenvalue weighted by Gasteiger charge is 2.27. The molecule has 2 heterocycles.